The minimum atomic E-state index is 0. The number of aromatic nitrogens is 2. The standard InChI is InChI=1S/C22H29N5O.HI/c1-4-17(2)25-22(23-13-11-20-9-7-15-28-20)24-16-19-8-5-6-10-21(19)27-14-12-18(3)26-27;/h5-10,12,14-15,17H,4,11,13,16H2,1-3H3,(H2,23,24,25);1H. The highest BCUT2D eigenvalue weighted by Crippen LogP contribution is 2.15. The third kappa shape index (κ3) is 6.92. The van der Waals surface area contributed by atoms with Crippen LogP contribution in [0.15, 0.2) is 64.3 Å². The Balaban J connectivity index is 0.00000300. The Morgan fingerprint density at radius 2 is 2.03 bits per heavy atom. The summed E-state index contributed by atoms with van der Waals surface area (Å²) in [5.74, 6) is 1.78. The number of aryl methyl sites for hydroxylation is 1. The van der Waals surface area contributed by atoms with Gasteiger partial charge in [0.05, 0.1) is 24.2 Å². The molecule has 0 aliphatic heterocycles. The van der Waals surface area contributed by atoms with E-state index in [9.17, 15) is 0 Å². The van der Waals surface area contributed by atoms with Crippen molar-refractivity contribution in [1.82, 2.24) is 20.4 Å². The fraction of sp³-hybridized carbons (Fsp3) is 0.364. The van der Waals surface area contributed by atoms with Crippen molar-refractivity contribution in [3.63, 3.8) is 0 Å². The molecule has 2 aromatic heterocycles. The normalized spacial score (nSPS) is 12.3. The van der Waals surface area contributed by atoms with Crippen molar-refractivity contribution >= 4 is 29.9 Å². The first-order valence-corrected chi connectivity index (χ1v) is 9.83. The van der Waals surface area contributed by atoms with E-state index in [1.165, 1.54) is 0 Å². The molecule has 0 aliphatic rings. The van der Waals surface area contributed by atoms with E-state index in [-0.39, 0.29) is 24.0 Å². The van der Waals surface area contributed by atoms with Crippen LogP contribution < -0.4 is 10.6 Å². The molecule has 0 amide bonds. The van der Waals surface area contributed by atoms with E-state index in [0.717, 1.165) is 48.1 Å². The van der Waals surface area contributed by atoms with Crippen LogP contribution in [0.25, 0.3) is 5.69 Å². The monoisotopic (exact) mass is 507 g/mol. The van der Waals surface area contributed by atoms with Gasteiger partial charge < -0.3 is 15.1 Å². The van der Waals surface area contributed by atoms with E-state index < -0.39 is 0 Å². The minimum Gasteiger partial charge on any atom is -0.469 e. The first-order chi connectivity index (χ1) is 13.7. The Bertz CT molecular complexity index is 888. The molecule has 0 saturated heterocycles. The van der Waals surface area contributed by atoms with Crippen LogP contribution in [0.3, 0.4) is 0 Å². The molecule has 3 rings (SSSR count). The zero-order chi connectivity index (χ0) is 19.8. The Morgan fingerprint density at radius 3 is 2.72 bits per heavy atom. The van der Waals surface area contributed by atoms with Gasteiger partial charge in [-0.2, -0.15) is 5.10 Å². The second-order valence-corrected chi connectivity index (χ2v) is 6.91. The van der Waals surface area contributed by atoms with Crippen LogP contribution in [0, 0.1) is 6.92 Å². The van der Waals surface area contributed by atoms with Gasteiger partial charge in [0.15, 0.2) is 5.96 Å². The fourth-order valence-corrected chi connectivity index (χ4v) is 2.83. The molecule has 0 fully saturated rings. The molecule has 0 radical (unpaired) electrons. The molecular formula is C22H30IN5O. The van der Waals surface area contributed by atoms with Gasteiger partial charge in [-0.15, -0.1) is 24.0 Å². The predicted molar refractivity (Wildman–Crippen MR) is 128 cm³/mol. The van der Waals surface area contributed by atoms with E-state index in [2.05, 4.69) is 41.7 Å². The van der Waals surface area contributed by atoms with Crippen molar-refractivity contribution in [1.29, 1.82) is 0 Å². The predicted octanol–water partition coefficient (Wildman–Crippen LogP) is 4.47. The van der Waals surface area contributed by atoms with Crippen LogP contribution in [-0.4, -0.2) is 28.3 Å². The van der Waals surface area contributed by atoms with E-state index in [4.69, 9.17) is 9.41 Å². The van der Waals surface area contributed by atoms with Gasteiger partial charge in [0, 0.05) is 25.2 Å². The van der Waals surface area contributed by atoms with Crippen LogP contribution in [0.5, 0.6) is 0 Å². The molecule has 1 atom stereocenters. The van der Waals surface area contributed by atoms with Crippen molar-refractivity contribution in [2.45, 2.75) is 46.2 Å². The number of benzene rings is 1. The van der Waals surface area contributed by atoms with Crippen molar-refractivity contribution in [2.75, 3.05) is 6.54 Å². The molecule has 0 bridgehead atoms. The third-order valence-electron chi connectivity index (χ3n) is 4.61. The number of rotatable bonds is 8. The van der Waals surface area contributed by atoms with E-state index in [1.54, 1.807) is 6.26 Å². The second-order valence-electron chi connectivity index (χ2n) is 6.91. The maximum absolute atomic E-state index is 5.40. The SMILES string of the molecule is CCC(C)NC(=NCc1ccccc1-n1ccc(C)n1)NCCc1ccco1.I. The zero-order valence-corrected chi connectivity index (χ0v) is 19.6. The van der Waals surface area contributed by atoms with Gasteiger partial charge in [-0.3, -0.25) is 0 Å². The van der Waals surface area contributed by atoms with Gasteiger partial charge in [0.2, 0.25) is 0 Å². The molecular weight excluding hydrogens is 477 g/mol. The molecule has 1 unspecified atom stereocenters. The molecule has 3 aromatic rings. The van der Waals surface area contributed by atoms with Crippen molar-refractivity contribution in [2.24, 2.45) is 4.99 Å². The first kappa shape index (κ1) is 23.0. The maximum atomic E-state index is 5.40. The number of guanidine groups is 1. The fourth-order valence-electron chi connectivity index (χ4n) is 2.83. The summed E-state index contributed by atoms with van der Waals surface area (Å²) in [6, 6.07) is 14.5. The number of hydrogen-bond donors (Lipinski definition) is 2. The molecule has 6 nitrogen and oxygen atoms in total. The summed E-state index contributed by atoms with van der Waals surface area (Å²) >= 11 is 0. The van der Waals surface area contributed by atoms with Crippen molar-refractivity contribution < 1.29 is 4.42 Å². The average Bonchev–Trinajstić information content (AvgIpc) is 3.38. The molecule has 7 heteroatoms. The first-order valence-electron chi connectivity index (χ1n) is 9.83. The highest BCUT2D eigenvalue weighted by atomic mass is 127. The summed E-state index contributed by atoms with van der Waals surface area (Å²) in [7, 11) is 0. The van der Waals surface area contributed by atoms with Crippen LogP contribution in [0.4, 0.5) is 0 Å². The number of hydrogen-bond acceptors (Lipinski definition) is 3. The molecule has 29 heavy (non-hydrogen) atoms. The van der Waals surface area contributed by atoms with Gasteiger partial charge >= 0.3 is 0 Å². The van der Waals surface area contributed by atoms with Crippen molar-refractivity contribution in [3.05, 3.63) is 71.9 Å². The summed E-state index contributed by atoms with van der Waals surface area (Å²) < 4.78 is 7.31. The molecule has 2 heterocycles. The lowest BCUT2D eigenvalue weighted by atomic mass is 10.2. The Hall–Kier alpha value is -2.29. The smallest absolute Gasteiger partial charge is 0.191 e. The number of nitrogens with one attached hydrogen (secondary N) is 2. The summed E-state index contributed by atoms with van der Waals surface area (Å²) in [5.41, 5.74) is 3.18. The number of halogens is 1. The quantitative estimate of drug-likeness (QED) is 0.268. The van der Waals surface area contributed by atoms with E-state index >= 15 is 0 Å². The number of furan rings is 1. The van der Waals surface area contributed by atoms with Crippen molar-refractivity contribution in [3.8, 4) is 5.69 Å². The van der Waals surface area contributed by atoms with E-state index in [1.807, 2.05) is 48.1 Å². The summed E-state index contributed by atoms with van der Waals surface area (Å²) in [6.45, 7) is 7.64. The number of aliphatic imine (C=N–C) groups is 1. The topological polar surface area (TPSA) is 67.4 Å². The largest absolute Gasteiger partial charge is 0.469 e. The second kappa shape index (κ2) is 11.6. The molecule has 2 N–H and O–H groups in total. The zero-order valence-electron chi connectivity index (χ0n) is 17.3. The lowest BCUT2D eigenvalue weighted by Gasteiger charge is -2.17. The van der Waals surface area contributed by atoms with Gasteiger partial charge in [-0.25, -0.2) is 9.67 Å². The van der Waals surface area contributed by atoms with Gasteiger partial charge in [0.25, 0.3) is 0 Å². The average molecular weight is 507 g/mol. The molecule has 1 aromatic carbocycles. The molecule has 0 spiro atoms. The molecule has 156 valence electrons. The van der Waals surface area contributed by atoms with Crippen LogP contribution in [0.2, 0.25) is 0 Å². The van der Waals surface area contributed by atoms with Crippen LogP contribution in [0.1, 0.15) is 37.3 Å². The molecule has 0 aliphatic carbocycles. The summed E-state index contributed by atoms with van der Waals surface area (Å²) in [5, 5.41) is 11.4. The Labute approximate surface area is 189 Å². The number of para-hydroxylation sites is 1. The van der Waals surface area contributed by atoms with Gasteiger partial charge in [0.1, 0.15) is 5.76 Å². The third-order valence-corrected chi connectivity index (χ3v) is 4.61. The highest BCUT2D eigenvalue weighted by molar-refractivity contribution is 14.0. The summed E-state index contributed by atoms with van der Waals surface area (Å²) in [6.07, 6.45) is 5.53. The minimum absolute atomic E-state index is 0. The highest BCUT2D eigenvalue weighted by Gasteiger charge is 2.07. The Kier molecular flexibility index (Phi) is 9.24. The van der Waals surface area contributed by atoms with E-state index in [0.29, 0.717) is 12.6 Å². The van der Waals surface area contributed by atoms with Crippen LogP contribution in [-0.2, 0) is 13.0 Å². The Morgan fingerprint density at radius 1 is 1.21 bits per heavy atom. The number of nitrogens with zero attached hydrogens (tertiary/aromatic N) is 3. The van der Waals surface area contributed by atoms with Gasteiger partial charge in [-0.05, 0) is 50.1 Å². The lowest BCUT2D eigenvalue weighted by molar-refractivity contribution is 0.506. The maximum Gasteiger partial charge on any atom is 0.191 e. The van der Waals surface area contributed by atoms with Crippen LogP contribution >= 0.6 is 24.0 Å². The lowest BCUT2D eigenvalue weighted by Crippen LogP contribution is -2.42. The molecule has 0 saturated carbocycles. The van der Waals surface area contributed by atoms with Gasteiger partial charge in [-0.1, -0.05) is 25.1 Å². The summed E-state index contributed by atoms with van der Waals surface area (Å²) in [4.78, 5) is 4.82.